The third-order valence-corrected chi connectivity index (χ3v) is 3.72. The highest BCUT2D eigenvalue weighted by Gasteiger charge is 2.34. The van der Waals surface area contributed by atoms with E-state index in [1.54, 1.807) is 36.1 Å². The van der Waals surface area contributed by atoms with E-state index in [0.717, 1.165) is 5.82 Å². The number of aryl methyl sites for hydroxylation is 2. The number of aliphatic hydroxyl groups is 1. The number of pyridine rings is 1. The van der Waals surface area contributed by atoms with E-state index in [4.69, 9.17) is 10.00 Å². The van der Waals surface area contributed by atoms with Crippen LogP contribution in [0.5, 0.6) is 5.75 Å². The van der Waals surface area contributed by atoms with Gasteiger partial charge in [-0.2, -0.15) is 10.4 Å². The number of nitrogens with zero attached hydrogens (tertiary/aromatic N) is 5. The Morgan fingerprint density at radius 3 is 2.86 bits per heavy atom. The first kappa shape index (κ1) is 14.4. The van der Waals surface area contributed by atoms with Crippen LogP contribution in [0, 0.1) is 18.3 Å². The highest BCUT2D eigenvalue weighted by Crippen LogP contribution is 2.23. The molecule has 0 radical (unpaired) electrons. The van der Waals surface area contributed by atoms with Crippen LogP contribution in [0.3, 0.4) is 0 Å². The predicted octanol–water partition coefficient (Wildman–Crippen LogP) is 0.624. The maximum atomic E-state index is 10.2. The van der Waals surface area contributed by atoms with Gasteiger partial charge in [0.15, 0.2) is 5.75 Å². The number of ether oxygens (including phenoxy) is 1. The molecule has 0 saturated carbocycles. The number of aromatic nitrogens is 3. The molecule has 2 atom stereocenters. The van der Waals surface area contributed by atoms with E-state index in [0.29, 0.717) is 30.1 Å². The Balaban J connectivity index is 1.72. The average Bonchev–Trinajstić information content (AvgIpc) is 3.06. The number of aliphatic hydroxyl groups excluding tert-OH is 1. The topological polar surface area (TPSA) is 87.2 Å². The highest BCUT2D eigenvalue weighted by atomic mass is 16.5. The van der Waals surface area contributed by atoms with E-state index in [2.05, 4.69) is 16.2 Å². The van der Waals surface area contributed by atoms with Crippen LogP contribution in [-0.2, 0) is 7.05 Å². The van der Waals surface area contributed by atoms with E-state index >= 15 is 0 Å². The number of β-amino-alcohol motifs (C(OH)–C–C–N with tert-alkyl or cyclic N) is 1. The summed E-state index contributed by atoms with van der Waals surface area (Å²) < 4.78 is 7.43. The molecule has 1 aliphatic heterocycles. The second-order valence-corrected chi connectivity index (χ2v) is 5.39. The van der Waals surface area contributed by atoms with E-state index in [1.165, 1.54) is 0 Å². The van der Waals surface area contributed by atoms with Gasteiger partial charge in [-0.3, -0.25) is 4.68 Å². The van der Waals surface area contributed by atoms with Crippen molar-refractivity contribution >= 4 is 5.82 Å². The molecule has 0 spiro atoms. The molecule has 22 heavy (non-hydrogen) atoms. The molecule has 1 fully saturated rings. The Morgan fingerprint density at radius 2 is 2.23 bits per heavy atom. The molecule has 0 aromatic carbocycles. The molecule has 0 unspecified atom stereocenters. The summed E-state index contributed by atoms with van der Waals surface area (Å²) in [5.74, 6) is 1.38. The fourth-order valence-corrected chi connectivity index (χ4v) is 2.54. The third-order valence-electron chi connectivity index (χ3n) is 3.72. The van der Waals surface area contributed by atoms with Crippen molar-refractivity contribution in [1.82, 2.24) is 14.8 Å². The molecule has 3 rings (SSSR count). The zero-order chi connectivity index (χ0) is 15.7. The van der Waals surface area contributed by atoms with Crippen LogP contribution in [0.15, 0.2) is 24.5 Å². The standard InChI is InChI=1S/C15H17N5O2/c1-10-11(5-16)3-4-15(18-10)20-8-13(21)14(9-20)22-12-6-17-19(2)7-12/h3-4,6-7,13-14,21H,8-9H2,1-2H3/t13-,14-/m1/s1. The van der Waals surface area contributed by atoms with Crippen LogP contribution < -0.4 is 9.64 Å². The van der Waals surface area contributed by atoms with Gasteiger partial charge in [0.2, 0.25) is 0 Å². The van der Waals surface area contributed by atoms with Crippen molar-refractivity contribution in [2.45, 2.75) is 19.1 Å². The number of hydrogen-bond acceptors (Lipinski definition) is 6. The van der Waals surface area contributed by atoms with Gasteiger partial charge in [0.1, 0.15) is 24.1 Å². The van der Waals surface area contributed by atoms with Gasteiger partial charge in [-0.25, -0.2) is 4.98 Å². The Bertz CT molecular complexity index is 721. The Kier molecular flexibility index (Phi) is 3.69. The zero-order valence-electron chi connectivity index (χ0n) is 12.5. The normalized spacial score (nSPS) is 20.9. The second-order valence-electron chi connectivity index (χ2n) is 5.39. The maximum absolute atomic E-state index is 10.2. The lowest BCUT2D eigenvalue weighted by atomic mass is 10.2. The lowest BCUT2D eigenvalue weighted by Crippen LogP contribution is -2.29. The van der Waals surface area contributed by atoms with Crippen LogP contribution in [0.4, 0.5) is 5.82 Å². The minimum Gasteiger partial charge on any atom is -0.482 e. The fourth-order valence-electron chi connectivity index (χ4n) is 2.54. The molecular weight excluding hydrogens is 282 g/mol. The number of anilines is 1. The minimum absolute atomic E-state index is 0.332. The van der Waals surface area contributed by atoms with E-state index in [1.807, 2.05) is 11.9 Å². The fraction of sp³-hybridized carbons (Fsp3) is 0.400. The lowest BCUT2D eigenvalue weighted by Gasteiger charge is -2.17. The van der Waals surface area contributed by atoms with Crippen molar-refractivity contribution in [3.8, 4) is 11.8 Å². The van der Waals surface area contributed by atoms with Gasteiger partial charge < -0.3 is 14.7 Å². The summed E-state index contributed by atoms with van der Waals surface area (Å²) in [6.45, 7) is 2.79. The Morgan fingerprint density at radius 1 is 1.41 bits per heavy atom. The van der Waals surface area contributed by atoms with Crippen molar-refractivity contribution < 1.29 is 9.84 Å². The van der Waals surface area contributed by atoms with Gasteiger partial charge in [-0.1, -0.05) is 0 Å². The van der Waals surface area contributed by atoms with Gasteiger partial charge in [0.05, 0.1) is 30.2 Å². The third kappa shape index (κ3) is 2.73. The number of hydrogen-bond donors (Lipinski definition) is 1. The molecule has 1 aliphatic rings. The summed E-state index contributed by atoms with van der Waals surface area (Å²) in [7, 11) is 1.81. The van der Waals surface area contributed by atoms with Crippen LogP contribution in [0.1, 0.15) is 11.3 Å². The molecule has 7 nitrogen and oxygen atoms in total. The quantitative estimate of drug-likeness (QED) is 0.894. The zero-order valence-corrected chi connectivity index (χ0v) is 12.5. The van der Waals surface area contributed by atoms with Crippen molar-refractivity contribution in [2.75, 3.05) is 18.0 Å². The van der Waals surface area contributed by atoms with Crippen LogP contribution in [0.2, 0.25) is 0 Å². The van der Waals surface area contributed by atoms with E-state index in [-0.39, 0.29) is 6.10 Å². The minimum atomic E-state index is -0.599. The number of rotatable bonds is 3. The molecule has 7 heteroatoms. The first-order chi connectivity index (χ1) is 10.6. The van der Waals surface area contributed by atoms with Gasteiger partial charge in [-0.05, 0) is 19.1 Å². The monoisotopic (exact) mass is 299 g/mol. The smallest absolute Gasteiger partial charge is 0.157 e. The first-order valence-corrected chi connectivity index (χ1v) is 7.03. The van der Waals surface area contributed by atoms with Gasteiger partial charge in [-0.15, -0.1) is 0 Å². The molecule has 3 heterocycles. The molecule has 2 aromatic heterocycles. The van der Waals surface area contributed by atoms with E-state index in [9.17, 15) is 5.11 Å². The summed E-state index contributed by atoms with van der Waals surface area (Å²) in [5.41, 5.74) is 1.25. The van der Waals surface area contributed by atoms with Gasteiger partial charge >= 0.3 is 0 Å². The highest BCUT2D eigenvalue weighted by molar-refractivity contribution is 5.46. The van der Waals surface area contributed by atoms with E-state index < -0.39 is 6.10 Å². The molecule has 1 saturated heterocycles. The number of nitriles is 1. The van der Waals surface area contributed by atoms with Crippen molar-refractivity contribution in [2.24, 2.45) is 7.05 Å². The first-order valence-electron chi connectivity index (χ1n) is 7.03. The Hall–Kier alpha value is -2.59. The summed E-state index contributed by atoms with van der Waals surface area (Å²) in [6.07, 6.45) is 2.46. The molecule has 2 aromatic rings. The van der Waals surface area contributed by atoms with Crippen LogP contribution >= 0.6 is 0 Å². The van der Waals surface area contributed by atoms with Crippen molar-refractivity contribution in [3.05, 3.63) is 35.8 Å². The molecule has 114 valence electrons. The summed E-state index contributed by atoms with van der Waals surface area (Å²) in [5, 5.41) is 23.2. The van der Waals surface area contributed by atoms with Crippen LogP contribution in [-0.4, -0.2) is 45.2 Å². The predicted molar refractivity (Wildman–Crippen MR) is 79.5 cm³/mol. The van der Waals surface area contributed by atoms with Crippen molar-refractivity contribution in [1.29, 1.82) is 5.26 Å². The summed E-state index contributed by atoms with van der Waals surface area (Å²) >= 11 is 0. The summed E-state index contributed by atoms with van der Waals surface area (Å²) in [4.78, 5) is 6.38. The SMILES string of the molecule is Cc1nc(N2C[C@@H](O)[C@H](Oc3cnn(C)c3)C2)ccc1C#N. The molecule has 0 bridgehead atoms. The van der Waals surface area contributed by atoms with Crippen LogP contribution in [0.25, 0.3) is 0 Å². The summed E-state index contributed by atoms with van der Waals surface area (Å²) in [6, 6.07) is 5.65. The van der Waals surface area contributed by atoms with Gasteiger partial charge in [0, 0.05) is 13.6 Å². The van der Waals surface area contributed by atoms with Crippen molar-refractivity contribution in [3.63, 3.8) is 0 Å². The Labute approximate surface area is 128 Å². The average molecular weight is 299 g/mol. The molecule has 0 amide bonds. The maximum Gasteiger partial charge on any atom is 0.157 e. The molecular formula is C15H17N5O2. The molecule has 1 N–H and O–H groups in total. The molecule has 0 aliphatic carbocycles. The van der Waals surface area contributed by atoms with Gasteiger partial charge in [0.25, 0.3) is 0 Å². The lowest BCUT2D eigenvalue weighted by molar-refractivity contribution is 0.0737. The largest absolute Gasteiger partial charge is 0.482 e. The second kappa shape index (κ2) is 5.66.